The average Bonchev–Trinajstić information content (AvgIpc) is 3.01. The third kappa shape index (κ3) is 3.67. The van der Waals surface area contributed by atoms with Crippen LogP contribution in [-0.2, 0) is 6.42 Å². The van der Waals surface area contributed by atoms with Crippen molar-refractivity contribution < 1.29 is 9.18 Å². The number of carbonyl (C=O) groups excluding carboxylic acids is 1. The normalized spacial score (nSPS) is 10.7. The van der Waals surface area contributed by atoms with Crippen molar-refractivity contribution in [2.45, 2.75) is 13.3 Å². The van der Waals surface area contributed by atoms with Gasteiger partial charge in [0.25, 0.3) is 5.91 Å². The highest BCUT2D eigenvalue weighted by atomic mass is 35.5. The van der Waals surface area contributed by atoms with E-state index < -0.39 is 11.7 Å². The van der Waals surface area contributed by atoms with Gasteiger partial charge in [-0.25, -0.2) is 9.07 Å². The first kappa shape index (κ1) is 17.5. The van der Waals surface area contributed by atoms with Crippen LogP contribution in [0.4, 0.5) is 10.1 Å². The molecule has 1 heterocycles. The molecular weight excluding hydrogens is 364 g/mol. The Morgan fingerprint density at radius 3 is 2.64 bits per heavy atom. The molecule has 0 atom stereocenters. The second kappa shape index (κ2) is 7.25. The van der Waals surface area contributed by atoms with Crippen LogP contribution in [-0.4, -0.2) is 15.7 Å². The monoisotopic (exact) mass is 377 g/mol. The Bertz CT molecular complexity index is 940. The van der Waals surface area contributed by atoms with Crippen molar-refractivity contribution in [3.05, 3.63) is 75.8 Å². The summed E-state index contributed by atoms with van der Waals surface area (Å²) in [4.78, 5) is 12.6. The van der Waals surface area contributed by atoms with Gasteiger partial charge in [-0.2, -0.15) is 5.10 Å². The maximum Gasteiger partial charge on any atom is 0.259 e. The first-order valence-corrected chi connectivity index (χ1v) is 8.34. The number of carbonyl (C=O) groups is 1. The lowest BCUT2D eigenvalue weighted by Crippen LogP contribution is -2.15. The minimum absolute atomic E-state index is 0.0620. The van der Waals surface area contributed by atoms with E-state index in [-0.39, 0.29) is 10.7 Å². The second-order valence-corrected chi connectivity index (χ2v) is 6.20. The average molecular weight is 378 g/mol. The number of halogens is 3. The molecule has 0 saturated heterocycles. The van der Waals surface area contributed by atoms with E-state index >= 15 is 0 Å². The number of nitrogens with one attached hydrogen (secondary N) is 1. The molecule has 3 aromatic rings. The lowest BCUT2D eigenvalue weighted by molar-refractivity contribution is 0.102. The van der Waals surface area contributed by atoms with Crippen LogP contribution in [0.15, 0.2) is 48.7 Å². The van der Waals surface area contributed by atoms with E-state index in [9.17, 15) is 9.18 Å². The van der Waals surface area contributed by atoms with Gasteiger partial charge in [-0.3, -0.25) is 4.79 Å². The van der Waals surface area contributed by atoms with Gasteiger partial charge in [0, 0.05) is 10.0 Å². The van der Waals surface area contributed by atoms with E-state index in [2.05, 4.69) is 10.4 Å². The molecule has 1 amide bonds. The molecular formula is C18H14Cl2FN3O. The molecule has 0 spiro atoms. The fourth-order valence-electron chi connectivity index (χ4n) is 2.51. The summed E-state index contributed by atoms with van der Waals surface area (Å²) in [5.41, 5.74) is 1.89. The van der Waals surface area contributed by atoms with Crippen molar-refractivity contribution in [3.63, 3.8) is 0 Å². The molecule has 1 aromatic heterocycles. The molecule has 0 aliphatic carbocycles. The number of rotatable bonds is 4. The van der Waals surface area contributed by atoms with Crippen molar-refractivity contribution >= 4 is 34.8 Å². The molecule has 0 radical (unpaired) electrons. The summed E-state index contributed by atoms with van der Waals surface area (Å²) in [7, 11) is 0. The maximum absolute atomic E-state index is 13.9. The smallest absolute Gasteiger partial charge is 0.259 e. The van der Waals surface area contributed by atoms with Gasteiger partial charge in [-0.05, 0) is 42.8 Å². The van der Waals surface area contributed by atoms with Crippen molar-refractivity contribution in [2.24, 2.45) is 0 Å². The molecule has 0 bridgehead atoms. The third-order valence-corrected chi connectivity index (χ3v) is 4.15. The van der Waals surface area contributed by atoms with E-state index in [1.807, 2.05) is 19.1 Å². The maximum atomic E-state index is 13.9. The highest BCUT2D eigenvalue weighted by molar-refractivity contribution is 6.31. The van der Waals surface area contributed by atoms with Gasteiger partial charge >= 0.3 is 0 Å². The molecule has 0 unspecified atom stereocenters. The predicted molar refractivity (Wildman–Crippen MR) is 97.3 cm³/mol. The Kier molecular flexibility index (Phi) is 5.06. The van der Waals surface area contributed by atoms with Crippen molar-refractivity contribution in [1.29, 1.82) is 0 Å². The molecule has 0 saturated carbocycles. The van der Waals surface area contributed by atoms with Gasteiger partial charge in [0.15, 0.2) is 0 Å². The van der Waals surface area contributed by atoms with Crippen LogP contribution in [0.2, 0.25) is 10.0 Å². The van der Waals surface area contributed by atoms with E-state index in [1.165, 1.54) is 18.3 Å². The minimum atomic E-state index is -0.596. The first-order valence-electron chi connectivity index (χ1n) is 7.59. The van der Waals surface area contributed by atoms with Crippen molar-refractivity contribution in [1.82, 2.24) is 9.78 Å². The van der Waals surface area contributed by atoms with Gasteiger partial charge in [0.2, 0.25) is 0 Å². The number of benzene rings is 2. The lowest BCUT2D eigenvalue weighted by atomic mass is 10.1. The van der Waals surface area contributed by atoms with Crippen LogP contribution in [0, 0.1) is 5.82 Å². The van der Waals surface area contributed by atoms with Crippen LogP contribution in [0.3, 0.4) is 0 Å². The number of anilines is 1. The molecule has 1 N–H and O–H groups in total. The fourth-order valence-corrected chi connectivity index (χ4v) is 2.86. The SMILES string of the molecule is CCc1c(C(=O)Nc2ccc(Cl)cc2F)cnn1-c1cccc(Cl)c1. The largest absolute Gasteiger partial charge is 0.319 e. The molecule has 128 valence electrons. The summed E-state index contributed by atoms with van der Waals surface area (Å²) in [5.74, 6) is -1.03. The summed E-state index contributed by atoms with van der Waals surface area (Å²) in [6.45, 7) is 1.91. The standard InChI is InChI=1S/C18H14Cl2FN3O/c1-2-17-14(10-22-24(17)13-5-3-4-11(19)8-13)18(25)23-16-7-6-12(20)9-15(16)21/h3-10H,2H2,1H3,(H,23,25). The minimum Gasteiger partial charge on any atom is -0.319 e. The molecule has 3 rings (SSSR count). The van der Waals surface area contributed by atoms with Gasteiger partial charge in [-0.15, -0.1) is 0 Å². The van der Waals surface area contributed by atoms with Crippen molar-refractivity contribution in [2.75, 3.05) is 5.32 Å². The van der Waals surface area contributed by atoms with Gasteiger partial charge in [0.1, 0.15) is 5.82 Å². The van der Waals surface area contributed by atoms with Crippen LogP contribution in [0.25, 0.3) is 5.69 Å². The Morgan fingerprint density at radius 2 is 1.96 bits per heavy atom. The fraction of sp³-hybridized carbons (Fsp3) is 0.111. The summed E-state index contributed by atoms with van der Waals surface area (Å²) >= 11 is 11.7. The van der Waals surface area contributed by atoms with Crippen LogP contribution < -0.4 is 5.32 Å². The number of aromatic nitrogens is 2. The lowest BCUT2D eigenvalue weighted by Gasteiger charge is -2.09. The zero-order chi connectivity index (χ0) is 18.0. The second-order valence-electron chi connectivity index (χ2n) is 5.33. The highest BCUT2D eigenvalue weighted by Gasteiger charge is 2.18. The van der Waals surface area contributed by atoms with E-state index in [1.54, 1.807) is 16.8 Å². The number of nitrogens with zero attached hydrogens (tertiary/aromatic N) is 2. The Morgan fingerprint density at radius 1 is 1.20 bits per heavy atom. The molecule has 25 heavy (non-hydrogen) atoms. The topological polar surface area (TPSA) is 46.9 Å². The third-order valence-electron chi connectivity index (χ3n) is 3.68. The Hall–Kier alpha value is -2.37. The molecule has 4 nitrogen and oxygen atoms in total. The Balaban J connectivity index is 1.93. The summed E-state index contributed by atoms with van der Waals surface area (Å²) in [6, 6.07) is 11.2. The van der Waals surface area contributed by atoms with E-state index in [4.69, 9.17) is 23.2 Å². The van der Waals surface area contributed by atoms with E-state index in [0.29, 0.717) is 22.7 Å². The van der Waals surface area contributed by atoms with Crippen molar-refractivity contribution in [3.8, 4) is 5.69 Å². The number of hydrogen-bond donors (Lipinski definition) is 1. The zero-order valence-corrected chi connectivity index (χ0v) is 14.8. The number of amides is 1. The summed E-state index contributed by atoms with van der Waals surface area (Å²) in [5, 5.41) is 7.67. The van der Waals surface area contributed by atoms with Crippen LogP contribution >= 0.6 is 23.2 Å². The zero-order valence-electron chi connectivity index (χ0n) is 13.3. The van der Waals surface area contributed by atoms with Crippen LogP contribution in [0.5, 0.6) is 0 Å². The first-order chi connectivity index (χ1) is 12.0. The van der Waals surface area contributed by atoms with Gasteiger partial charge < -0.3 is 5.32 Å². The molecule has 0 fully saturated rings. The highest BCUT2D eigenvalue weighted by Crippen LogP contribution is 2.22. The number of hydrogen-bond acceptors (Lipinski definition) is 2. The van der Waals surface area contributed by atoms with Gasteiger partial charge in [0.05, 0.1) is 28.8 Å². The molecule has 7 heteroatoms. The summed E-state index contributed by atoms with van der Waals surface area (Å²) in [6.07, 6.45) is 2.03. The molecule has 2 aromatic carbocycles. The Labute approximate surface area is 154 Å². The quantitative estimate of drug-likeness (QED) is 0.684. The molecule has 0 aliphatic heterocycles. The molecule has 0 aliphatic rings. The van der Waals surface area contributed by atoms with Crippen LogP contribution in [0.1, 0.15) is 23.0 Å². The van der Waals surface area contributed by atoms with E-state index in [0.717, 1.165) is 11.8 Å². The summed E-state index contributed by atoms with van der Waals surface area (Å²) < 4.78 is 15.5. The predicted octanol–water partition coefficient (Wildman–Crippen LogP) is 5.13. The van der Waals surface area contributed by atoms with Gasteiger partial charge in [-0.1, -0.05) is 36.2 Å².